The van der Waals surface area contributed by atoms with Crippen molar-refractivity contribution in [3.8, 4) is 11.5 Å². The number of rotatable bonds is 16. The predicted molar refractivity (Wildman–Crippen MR) is 216 cm³/mol. The minimum absolute atomic E-state index is 0.00786. The summed E-state index contributed by atoms with van der Waals surface area (Å²) < 4.78 is 25.4. The maximum Gasteiger partial charge on any atom is 0.255 e. The number of carbonyl (C=O) groups excluding carboxylic acids is 4. The van der Waals surface area contributed by atoms with Crippen molar-refractivity contribution in [2.45, 2.75) is 62.4 Å². The third-order valence-corrected chi connectivity index (χ3v) is 12.0. The zero-order chi connectivity index (χ0) is 39.9. The number of thioether (sulfide) groups is 1. The van der Waals surface area contributed by atoms with E-state index in [0.717, 1.165) is 61.5 Å². The summed E-state index contributed by atoms with van der Waals surface area (Å²) in [5.41, 5.74) is 2.81. The van der Waals surface area contributed by atoms with Gasteiger partial charge in [0, 0.05) is 79.7 Å². The van der Waals surface area contributed by atoms with Crippen LogP contribution in [0.1, 0.15) is 60.9 Å². The molecular formula is C41H45ClFN7O6S. The number of ether oxygens (including phenoxy) is 2. The Kier molecular flexibility index (Phi) is 13.1. The maximum absolute atomic E-state index is 13.7. The zero-order valence-corrected chi connectivity index (χ0v) is 33.3. The number of nitrogens with one attached hydrogen (secondary N) is 2. The summed E-state index contributed by atoms with van der Waals surface area (Å²) in [5.74, 6) is 1.34. The standard InChI is InChI=1S/C41H45ClFN7O6S/c1-55-34-23-32-28(39(45-25-44-32)46-26-10-11-31(43)30(42)21-26)22-35(34)56-19-6-14-48-15-17-49(18-16-48)38(52)9-3-2-4-20-57-36-8-5-7-27-29(36)24-50(41(27)54)33-12-13-37(51)47-40(33)53/h5,7-8,10-11,21-23,25,33H,2-4,6,9,12-20,24H2,1H3,(H,44,45,46)(H,47,51,53). The molecule has 4 heterocycles. The van der Waals surface area contributed by atoms with E-state index < -0.39 is 17.8 Å². The number of anilines is 2. The van der Waals surface area contributed by atoms with Gasteiger partial charge in [-0.3, -0.25) is 29.4 Å². The van der Waals surface area contributed by atoms with E-state index in [0.29, 0.717) is 78.6 Å². The summed E-state index contributed by atoms with van der Waals surface area (Å²) >= 11 is 7.67. The summed E-state index contributed by atoms with van der Waals surface area (Å²) in [6.07, 6.45) is 6.05. The monoisotopic (exact) mass is 817 g/mol. The first-order chi connectivity index (χ1) is 27.7. The Morgan fingerprint density at radius 1 is 1.02 bits per heavy atom. The number of unbranched alkanes of at least 4 members (excludes halogenated alkanes) is 2. The minimum Gasteiger partial charge on any atom is -0.493 e. The van der Waals surface area contributed by atoms with E-state index in [1.165, 1.54) is 18.5 Å². The Morgan fingerprint density at radius 2 is 1.86 bits per heavy atom. The molecule has 1 atom stereocenters. The van der Waals surface area contributed by atoms with Crippen LogP contribution in [0, 0.1) is 5.82 Å². The fourth-order valence-corrected chi connectivity index (χ4v) is 8.70. The largest absolute Gasteiger partial charge is 0.493 e. The summed E-state index contributed by atoms with van der Waals surface area (Å²) in [6, 6.07) is 13.1. The number of piperidine rings is 1. The van der Waals surface area contributed by atoms with Crippen molar-refractivity contribution in [3.63, 3.8) is 0 Å². The van der Waals surface area contributed by atoms with Gasteiger partial charge >= 0.3 is 0 Å². The lowest BCUT2D eigenvalue weighted by Crippen LogP contribution is -2.52. The molecule has 3 aliphatic heterocycles. The molecular weight excluding hydrogens is 773 g/mol. The smallest absolute Gasteiger partial charge is 0.255 e. The molecule has 1 unspecified atom stereocenters. The predicted octanol–water partition coefficient (Wildman–Crippen LogP) is 6.20. The highest BCUT2D eigenvalue weighted by atomic mass is 35.5. The topological polar surface area (TPSA) is 146 Å². The molecule has 4 aromatic rings. The fraction of sp³-hybridized carbons (Fsp3) is 0.415. The van der Waals surface area contributed by atoms with Crippen molar-refractivity contribution in [2.24, 2.45) is 0 Å². The third kappa shape index (κ3) is 9.59. The van der Waals surface area contributed by atoms with E-state index in [4.69, 9.17) is 21.1 Å². The normalized spacial score (nSPS) is 17.2. The second kappa shape index (κ2) is 18.5. The quantitative estimate of drug-likeness (QED) is 0.0757. The summed E-state index contributed by atoms with van der Waals surface area (Å²) in [5, 5.41) is 6.26. The molecule has 0 aliphatic carbocycles. The molecule has 4 amide bonds. The van der Waals surface area contributed by atoms with Crippen LogP contribution in [0.25, 0.3) is 10.9 Å². The van der Waals surface area contributed by atoms with E-state index in [9.17, 15) is 23.6 Å². The number of aromatic nitrogens is 2. The van der Waals surface area contributed by atoms with Crippen LogP contribution in [0.5, 0.6) is 11.5 Å². The van der Waals surface area contributed by atoms with Crippen molar-refractivity contribution in [3.05, 3.63) is 76.8 Å². The van der Waals surface area contributed by atoms with Gasteiger partial charge in [-0.1, -0.05) is 24.1 Å². The summed E-state index contributed by atoms with van der Waals surface area (Å²) in [4.78, 5) is 65.8. The molecule has 1 aromatic heterocycles. The number of carbonyl (C=O) groups is 4. The molecule has 13 nitrogen and oxygen atoms in total. The molecule has 0 saturated carbocycles. The number of piperazine rings is 1. The molecule has 0 bridgehead atoms. The molecule has 3 aromatic carbocycles. The van der Waals surface area contributed by atoms with Crippen LogP contribution in [-0.4, -0.2) is 107 Å². The molecule has 2 N–H and O–H groups in total. The first-order valence-electron chi connectivity index (χ1n) is 19.3. The fourth-order valence-electron chi connectivity index (χ4n) is 7.43. The van der Waals surface area contributed by atoms with Gasteiger partial charge in [-0.05, 0) is 73.4 Å². The number of fused-ring (bicyclic) bond motifs is 2. The lowest BCUT2D eigenvalue weighted by Gasteiger charge is -2.34. The highest BCUT2D eigenvalue weighted by Gasteiger charge is 2.39. The van der Waals surface area contributed by atoms with E-state index in [2.05, 4.69) is 25.5 Å². The molecule has 2 saturated heterocycles. The summed E-state index contributed by atoms with van der Waals surface area (Å²) in [6.45, 7) is 4.71. The average molecular weight is 818 g/mol. The van der Waals surface area contributed by atoms with Gasteiger partial charge in [0.2, 0.25) is 17.7 Å². The van der Waals surface area contributed by atoms with Crippen molar-refractivity contribution in [2.75, 3.05) is 57.5 Å². The maximum atomic E-state index is 13.7. The molecule has 57 heavy (non-hydrogen) atoms. The van der Waals surface area contributed by atoms with Crippen LogP contribution in [-0.2, 0) is 20.9 Å². The van der Waals surface area contributed by atoms with E-state index >= 15 is 0 Å². The first-order valence-corrected chi connectivity index (χ1v) is 20.6. The van der Waals surface area contributed by atoms with Crippen LogP contribution in [0.3, 0.4) is 0 Å². The Labute approximate surface area is 339 Å². The van der Waals surface area contributed by atoms with Crippen LogP contribution in [0.2, 0.25) is 5.02 Å². The number of benzene rings is 3. The molecule has 0 spiro atoms. The Morgan fingerprint density at radius 3 is 2.65 bits per heavy atom. The highest BCUT2D eigenvalue weighted by Crippen LogP contribution is 2.36. The van der Waals surface area contributed by atoms with Gasteiger partial charge in [0.15, 0.2) is 11.5 Å². The van der Waals surface area contributed by atoms with Crippen molar-refractivity contribution in [1.29, 1.82) is 0 Å². The number of amides is 4. The van der Waals surface area contributed by atoms with Crippen molar-refractivity contribution in [1.82, 2.24) is 30.0 Å². The van der Waals surface area contributed by atoms with Crippen LogP contribution in [0.15, 0.2) is 59.8 Å². The first kappa shape index (κ1) is 40.2. The van der Waals surface area contributed by atoms with Crippen LogP contribution in [0.4, 0.5) is 15.9 Å². The second-order valence-corrected chi connectivity index (χ2v) is 15.8. The number of hydrogen-bond donors (Lipinski definition) is 2. The Bertz CT molecular complexity index is 2150. The van der Waals surface area contributed by atoms with E-state index in [1.807, 2.05) is 23.1 Å². The third-order valence-electron chi connectivity index (χ3n) is 10.5. The number of halogens is 2. The van der Waals surface area contributed by atoms with Gasteiger partial charge in [0.05, 0.1) is 24.3 Å². The molecule has 16 heteroatoms. The van der Waals surface area contributed by atoms with Gasteiger partial charge in [-0.15, -0.1) is 11.8 Å². The lowest BCUT2D eigenvalue weighted by molar-refractivity contribution is -0.137. The van der Waals surface area contributed by atoms with Crippen molar-refractivity contribution < 1.29 is 33.0 Å². The average Bonchev–Trinajstić information content (AvgIpc) is 3.55. The van der Waals surface area contributed by atoms with Gasteiger partial charge in [-0.2, -0.15) is 0 Å². The van der Waals surface area contributed by atoms with E-state index in [-0.39, 0.29) is 29.2 Å². The van der Waals surface area contributed by atoms with Crippen LogP contribution < -0.4 is 20.1 Å². The number of hydrogen-bond acceptors (Lipinski definition) is 11. The second-order valence-electron chi connectivity index (χ2n) is 14.3. The van der Waals surface area contributed by atoms with Gasteiger partial charge in [0.25, 0.3) is 5.91 Å². The molecule has 2 fully saturated rings. The van der Waals surface area contributed by atoms with Gasteiger partial charge < -0.3 is 24.6 Å². The minimum atomic E-state index is -0.624. The Balaban J connectivity index is 0.796. The number of nitrogens with zero attached hydrogens (tertiary/aromatic N) is 5. The van der Waals surface area contributed by atoms with Gasteiger partial charge in [0.1, 0.15) is 24.0 Å². The Hall–Kier alpha value is -4.99. The zero-order valence-electron chi connectivity index (χ0n) is 31.7. The molecule has 3 aliphatic rings. The molecule has 300 valence electrons. The number of imide groups is 1. The van der Waals surface area contributed by atoms with E-state index in [1.54, 1.807) is 42.0 Å². The van der Waals surface area contributed by atoms with Gasteiger partial charge in [-0.25, -0.2) is 14.4 Å². The molecule has 7 rings (SSSR count). The number of methoxy groups -OCH3 is 1. The van der Waals surface area contributed by atoms with Crippen LogP contribution >= 0.6 is 23.4 Å². The SMILES string of the molecule is COc1cc2ncnc(Nc3ccc(F)c(Cl)c3)c2cc1OCCCN1CCN(C(=O)CCCCCSc2cccc3c2CN(C2CCC(=O)NC2=O)C3=O)CC1. The van der Waals surface area contributed by atoms with Crippen molar-refractivity contribution >= 4 is 69.4 Å². The lowest BCUT2D eigenvalue weighted by atomic mass is 10.0. The molecule has 0 radical (unpaired) electrons. The highest BCUT2D eigenvalue weighted by molar-refractivity contribution is 7.99. The summed E-state index contributed by atoms with van der Waals surface area (Å²) in [7, 11) is 1.58.